The highest BCUT2D eigenvalue weighted by Gasteiger charge is 2.19. The van der Waals surface area contributed by atoms with Crippen molar-refractivity contribution in [2.75, 3.05) is 18.2 Å². The number of methoxy groups -OCH3 is 1. The zero-order valence-electron chi connectivity index (χ0n) is 17.4. The highest BCUT2D eigenvalue weighted by atomic mass is 32.2. The maximum Gasteiger partial charge on any atom is 0.234 e. The summed E-state index contributed by atoms with van der Waals surface area (Å²) < 4.78 is 9.25. The molecule has 1 amide bonds. The first-order valence-electron chi connectivity index (χ1n) is 9.93. The average molecular weight is 434 g/mol. The molecule has 4 rings (SSSR count). The lowest BCUT2D eigenvalue weighted by atomic mass is 10.1. The maximum atomic E-state index is 12.5. The van der Waals surface area contributed by atoms with Crippen LogP contribution in [-0.4, -0.2) is 38.3 Å². The van der Waals surface area contributed by atoms with Crippen LogP contribution in [0.2, 0.25) is 0 Å². The van der Waals surface area contributed by atoms with E-state index in [2.05, 4.69) is 22.4 Å². The molecule has 0 aliphatic carbocycles. The number of hydrogen-bond acceptors (Lipinski definition) is 5. The van der Waals surface area contributed by atoms with Gasteiger partial charge in [0.25, 0.3) is 0 Å². The van der Waals surface area contributed by atoms with E-state index in [1.807, 2.05) is 82.4 Å². The fourth-order valence-corrected chi connectivity index (χ4v) is 3.90. The lowest BCUT2D eigenvalue weighted by molar-refractivity contribution is -0.113. The summed E-state index contributed by atoms with van der Waals surface area (Å²) in [5, 5.41) is 12.3. The number of ether oxygens (including phenoxy) is 1. The number of benzene rings is 2. The Morgan fingerprint density at radius 3 is 2.48 bits per heavy atom. The van der Waals surface area contributed by atoms with Crippen molar-refractivity contribution in [3.05, 3.63) is 78.6 Å². The van der Waals surface area contributed by atoms with Crippen molar-refractivity contribution in [3.63, 3.8) is 0 Å². The molecular weight excluding hydrogens is 410 g/mol. The second kappa shape index (κ2) is 9.53. The summed E-state index contributed by atoms with van der Waals surface area (Å²) in [7, 11) is 1.63. The van der Waals surface area contributed by atoms with E-state index in [0.717, 1.165) is 17.7 Å². The third kappa shape index (κ3) is 4.64. The minimum absolute atomic E-state index is 0.102. The predicted octanol–water partition coefficient (Wildman–Crippen LogP) is 4.36. The van der Waals surface area contributed by atoms with Gasteiger partial charge in [-0.1, -0.05) is 43.0 Å². The molecule has 158 valence electrons. The van der Waals surface area contributed by atoms with Gasteiger partial charge < -0.3 is 10.1 Å². The topological polar surface area (TPSA) is 74.0 Å². The average Bonchev–Trinajstić information content (AvgIpc) is 3.48. The van der Waals surface area contributed by atoms with Crippen LogP contribution in [0.5, 0.6) is 5.75 Å². The molecule has 7 nitrogen and oxygen atoms in total. The highest BCUT2D eigenvalue weighted by molar-refractivity contribution is 7.99. The number of carbonyl (C=O) groups is 1. The number of nitrogens with one attached hydrogen (secondary N) is 1. The summed E-state index contributed by atoms with van der Waals surface area (Å²) in [5.74, 6) is 1.44. The normalized spacial score (nSPS) is 10.8. The fraction of sp³-hybridized carbons (Fsp3) is 0.174. The standard InChI is InChI=1S/C23H23N5O2S/c1-3-17-10-12-18(13-11-17)24-21(29)16-31-23-26-25-22(28(23)27-14-6-7-15-27)19-8-4-5-9-20(19)30-2/h4-15H,3,16H2,1-2H3,(H,24,29). The largest absolute Gasteiger partial charge is 0.496 e. The molecule has 0 saturated heterocycles. The van der Waals surface area contributed by atoms with E-state index in [4.69, 9.17) is 4.74 Å². The minimum Gasteiger partial charge on any atom is -0.496 e. The van der Waals surface area contributed by atoms with Crippen LogP contribution in [0.4, 0.5) is 5.69 Å². The van der Waals surface area contributed by atoms with Gasteiger partial charge >= 0.3 is 0 Å². The van der Waals surface area contributed by atoms with Crippen molar-refractivity contribution < 1.29 is 9.53 Å². The van der Waals surface area contributed by atoms with Crippen molar-refractivity contribution in [3.8, 4) is 17.1 Å². The van der Waals surface area contributed by atoms with Gasteiger partial charge in [0.2, 0.25) is 11.1 Å². The number of hydrogen-bond donors (Lipinski definition) is 1. The molecule has 0 fully saturated rings. The molecule has 4 aromatic rings. The molecule has 0 aliphatic rings. The third-order valence-electron chi connectivity index (χ3n) is 4.76. The smallest absolute Gasteiger partial charge is 0.234 e. The molecule has 8 heteroatoms. The Morgan fingerprint density at radius 2 is 1.77 bits per heavy atom. The molecule has 0 saturated carbocycles. The number of amides is 1. The summed E-state index contributed by atoms with van der Waals surface area (Å²) >= 11 is 1.32. The van der Waals surface area contributed by atoms with Crippen molar-refractivity contribution in [1.82, 2.24) is 19.5 Å². The second-order valence-corrected chi connectivity index (χ2v) is 7.71. The van der Waals surface area contributed by atoms with Crippen LogP contribution in [0.1, 0.15) is 12.5 Å². The highest BCUT2D eigenvalue weighted by Crippen LogP contribution is 2.31. The van der Waals surface area contributed by atoms with Crippen LogP contribution < -0.4 is 10.1 Å². The SMILES string of the molecule is CCc1ccc(NC(=O)CSc2nnc(-c3ccccc3OC)n2-n2cccc2)cc1. The number of para-hydroxylation sites is 1. The Labute approximate surface area is 185 Å². The zero-order valence-corrected chi connectivity index (χ0v) is 18.2. The number of thioether (sulfide) groups is 1. The summed E-state index contributed by atoms with van der Waals surface area (Å²) in [6.45, 7) is 2.10. The lowest BCUT2D eigenvalue weighted by Gasteiger charge is -2.13. The van der Waals surface area contributed by atoms with Crippen LogP contribution in [0, 0.1) is 0 Å². The number of anilines is 1. The van der Waals surface area contributed by atoms with Gasteiger partial charge in [-0.2, -0.15) is 0 Å². The summed E-state index contributed by atoms with van der Waals surface area (Å²) in [6.07, 6.45) is 4.77. The molecule has 31 heavy (non-hydrogen) atoms. The van der Waals surface area contributed by atoms with Gasteiger partial charge in [0.15, 0.2) is 5.82 Å². The van der Waals surface area contributed by atoms with Crippen molar-refractivity contribution in [1.29, 1.82) is 0 Å². The predicted molar refractivity (Wildman–Crippen MR) is 122 cm³/mol. The minimum atomic E-state index is -0.102. The first kappa shape index (κ1) is 20.7. The molecule has 2 heterocycles. The van der Waals surface area contributed by atoms with Gasteiger partial charge in [-0.25, -0.2) is 4.68 Å². The summed E-state index contributed by atoms with van der Waals surface area (Å²) in [4.78, 5) is 12.5. The van der Waals surface area contributed by atoms with E-state index in [9.17, 15) is 4.79 Å². The number of nitrogens with zero attached hydrogens (tertiary/aromatic N) is 4. The summed E-state index contributed by atoms with van der Waals surface area (Å²) in [6, 6.07) is 19.4. The third-order valence-corrected chi connectivity index (χ3v) is 5.68. The molecule has 2 aromatic carbocycles. The van der Waals surface area contributed by atoms with Gasteiger partial charge in [0.1, 0.15) is 5.75 Å². The van der Waals surface area contributed by atoms with Gasteiger partial charge in [-0.05, 0) is 48.4 Å². The first-order chi connectivity index (χ1) is 15.2. The molecule has 2 aromatic heterocycles. The molecular formula is C23H23N5O2S. The fourth-order valence-electron chi connectivity index (χ4n) is 3.17. The van der Waals surface area contributed by atoms with E-state index < -0.39 is 0 Å². The molecule has 0 bridgehead atoms. The van der Waals surface area contributed by atoms with Crippen molar-refractivity contribution in [2.45, 2.75) is 18.5 Å². The Kier molecular flexibility index (Phi) is 6.37. The molecule has 0 unspecified atom stereocenters. The Balaban J connectivity index is 1.56. The van der Waals surface area contributed by atoms with E-state index in [1.165, 1.54) is 17.3 Å². The maximum absolute atomic E-state index is 12.5. The van der Waals surface area contributed by atoms with Crippen LogP contribution in [0.3, 0.4) is 0 Å². The van der Waals surface area contributed by atoms with E-state index in [1.54, 1.807) is 7.11 Å². The monoisotopic (exact) mass is 433 g/mol. The van der Waals surface area contributed by atoms with Gasteiger partial charge in [-0.15, -0.1) is 10.2 Å². The quantitative estimate of drug-likeness (QED) is 0.418. The van der Waals surface area contributed by atoms with Crippen LogP contribution >= 0.6 is 11.8 Å². The van der Waals surface area contributed by atoms with Gasteiger partial charge in [-0.3, -0.25) is 9.47 Å². The molecule has 0 atom stereocenters. The van der Waals surface area contributed by atoms with Gasteiger partial charge in [0.05, 0.1) is 18.4 Å². The lowest BCUT2D eigenvalue weighted by Crippen LogP contribution is -2.16. The van der Waals surface area contributed by atoms with Crippen molar-refractivity contribution in [2.24, 2.45) is 0 Å². The molecule has 0 spiro atoms. The number of aryl methyl sites for hydroxylation is 1. The molecule has 0 radical (unpaired) electrons. The number of carbonyl (C=O) groups excluding carboxylic acids is 1. The van der Waals surface area contributed by atoms with Gasteiger partial charge in [0, 0.05) is 18.1 Å². The number of rotatable bonds is 8. The molecule has 0 aliphatic heterocycles. The van der Waals surface area contributed by atoms with Crippen LogP contribution in [0.15, 0.2) is 78.2 Å². The Hall–Kier alpha value is -3.52. The summed E-state index contributed by atoms with van der Waals surface area (Å²) in [5.41, 5.74) is 2.83. The molecule has 1 N–H and O–H groups in total. The Bertz CT molecular complexity index is 1150. The Morgan fingerprint density at radius 1 is 1.03 bits per heavy atom. The van der Waals surface area contributed by atoms with Crippen LogP contribution in [0.25, 0.3) is 11.4 Å². The van der Waals surface area contributed by atoms with Crippen molar-refractivity contribution >= 4 is 23.4 Å². The van der Waals surface area contributed by atoms with E-state index >= 15 is 0 Å². The van der Waals surface area contributed by atoms with E-state index in [0.29, 0.717) is 16.7 Å². The van der Waals surface area contributed by atoms with E-state index in [-0.39, 0.29) is 11.7 Å². The first-order valence-corrected chi connectivity index (χ1v) is 10.9. The number of aromatic nitrogens is 4. The van der Waals surface area contributed by atoms with Crippen LogP contribution in [-0.2, 0) is 11.2 Å². The second-order valence-electron chi connectivity index (χ2n) is 6.77. The zero-order chi connectivity index (χ0) is 21.6.